The zero-order valence-electron chi connectivity index (χ0n) is 23.6. The van der Waals surface area contributed by atoms with Gasteiger partial charge >= 0.3 is 6.36 Å². The van der Waals surface area contributed by atoms with Crippen LogP contribution in [0.5, 0.6) is 5.75 Å². The smallest absolute Gasteiger partial charge is 0.404 e. The molecule has 2 aliphatic rings. The number of rotatable bonds is 6. The molecule has 2 saturated heterocycles. The van der Waals surface area contributed by atoms with Crippen molar-refractivity contribution in [3.63, 3.8) is 0 Å². The Bertz CT molecular complexity index is 1320. The van der Waals surface area contributed by atoms with Crippen LogP contribution in [0.3, 0.4) is 0 Å². The minimum atomic E-state index is -4.76. The van der Waals surface area contributed by atoms with E-state index in [4.69, 9.17) is 0 Å². The van der Waals surface area contributed by atoms with Gasteiger partial charge in [0, 0.05) is 43.4 Å². The highest BCUT2D eigenvalue weighted by atomic mass is 19.4. The van der Waals surface area contributed by atoms with Gasteiger partial charge in [-0.15, -0.1) is 13.2 Å². The number of ether oxygens (including phenoxy) is 1. The summed E-state index contributed by atoms with van der Waals surface area (Å²) in [4.78, 5) is 32.6. The van der Waals surface area contributed by atoms with Crippen molar-refractivity contribution < 1.29 is 22.7 Å². The monoisotopic (exact) mass is 568 g/mol. The maximum Gasteiger partial charge on any atom is 0.573 e. The molecular formula is C30H35F3N6O2. The van der Waals surface area contributed by atoms with Crippen LogP contribution in [0.15, 0.2) is 55.0 Å². The van der Waals surface area contributed by atoms with Crippen LogP contribution in [0.1, 0.15) is 54.4 Å². The van der Waals surface area contributed by atoms with Crippen molar-refractivity contribution in [1.29, 1.82) is 0 Å². The molecule has 2 aliphatic heterocycles. The maximum atomic E-state index is 13.3. The molecule has 41 heavy (non-hydrogen) atoms. The molecule has 8 nitrogen and oxygen atoms in total. The molecule has 0 N–H and O–H groups in total. The Hall–Kier alpha value is -3.73. The number of amides is 1. The average Bonchev–Trinajstić information content (AvgIpc) is 2.94. The van der Waals surface area contributed by atoms with Gasteiger partial charge in [0.05, 0.1) is 23.1 Å². The van der Waals surface area contributed by atoms with Crippen LogP contribution in [-0.2, 0) is 0 Å². The van der Waals surface area contributed by atoms with Crippen molar-refractivity contribution >= 4 is 17.4 Å². The fourth-order valence-electron chi connectivity index (χ4n) is 6.06. The summed E-state index contributed by atoms with van der Waals surface area (Å²) in [6.07, 6.45) is 1.34. The highest BCUT2D eigenvalue weighted by Gasteiger charge is 2.40. The number of para-hydroxylation sites is 1. The molecule has 2 aromatic heterocycles. The number of piperidine rings is 2. The molecule has 5 rings (SSSR count). The van der Waals surface area contributed by atoms with Crippen molar-refractivity contribution in [1.82, 2.24) is 24.8 Å². The number of hydrogen-bond donors (Lipinski definition) is 0. The molecule has 1 amide bonds. The summed E-state index contributed by atoms with van der Waals surface area (Å²) < 4.78 is 42.0. The largest absolute Gasteiger partial charge is 0.573 e. The van der Waals surface area contributed by atoms with Crippen LogP contribution in [0, 0.1) is 13.8 Å². The van der Waals surface area contributed by atoms with E-state index in [1.807, 2.05) is 49.1 Å². The van der Waals surface area contributed by atoms with Gasteiger partial charge in [-0.3, -0.25) is 9.69 Å². The fraction of sp³-hybridized carbons (Fsp3) is 0.467. The molecule has 1 aromatic carbocycles. The minimum absolute atomic E-state index is 0.000914. The molecule has 0 atom stereocenters. The molecule has 0 bridgehead atoms. The molecule has 11 heteroatoms. The lowest BCUT2D eigenvalue weighted by Gasteiger charge is -2.50. The summed E-state index contributed by atoms with van der Waals surface area (Å²) in [5.41, 5.74) is 2.93. The molecule has 0 radical (unpaired) electrons. The predicted octanol–water partition coefficient (Wildman–Crippen LogP) is 5.68. The van der Waals surface area contributed by atoms with Gasteiger partial charge in [0.15, 0.2) is 0 Å². The Morgan fingerprint density at radius 1 is 0.951 bits per heavy atom. The summed E-state index contributed by atoms with van der Waals surface area (Å²) in [7, 11) is 0. The number of carbonyl (C=O) groups excluding carboxylic acids is 1. The predicted molar refractivity (Wildman–Crippen MR) is 149 cm³/mol. The third-order valence-corrected chi connectivity index (χ3v) is 8.40. The van der Waals surface area contributed by atoms with Crippen LogP contribution >= 0.6 is 0 Å². The number of pyridine rings is 1. The second-order valence-corrected chi connectivity index (χ2v) is 11.0. The molecule has 0 spiro atoms. The number of carbonyl (C=O) groups is 1. The molecular weight excluding hydrogens is 533 g/mol. The number of anilines is 2. The number of halogens is 3. The van der Waals surface area contributed by atoms with E-state index in [0.29, 0.717) is 35.9 Å². The van der Waals surface area contributed by atoms with E-state index in [1.165, 1.54) is 12.4 Å². The average molecular weight is 569 g/mol. The summed E-state index contributed by atoms with van der Waals surface area (Å²) >= 11 is 0. The van der Waals surface area contributed by atoms with E-state index in [0.717, 1.165) is 50.7 Å². The van der Waals surface area contributed by atoms with Crippen molar-refractivity contribution in [2.75, 3.05) is 31.1 Å². The first-order chi connectivity index (χ1) is 19.5. The van der Waals surface area contributed by atoms with Crippen molar-refractivity contribution in [2.45, 2.75) is 64.4 Å². The molecule has 218 valence electrons. The van der Waals surface area contributed by atoms with Crippen LogP contribution in [0.25, 0.3) is 0 Å². The third-order valence-electron chi connectivity index (χ3n) is 8.40. The quantitative estimate of drug-likeness (QED) is 0.379. The first kappa shape index (κ1) is 28.8. The van der Waals surface area contributed by atoms with Gasteiger partial charge in [-0.1, -0.05) is 18.2 Å². The Kier molecular flexibility index (Phi) is 8.17. The summed E-state index contributed by atoms with van der Waals surface area (Å²) in [5.74, 6) is 0.239. The third kappa shape index (κ3) is 6.45. The van der Waals surface area contributed by atoms with Crippen molar-refractivity contribution in [2.24, 2.45) is 0 Å². The van der Waals surface area contributed by atoms with Gasteiger partial charge in [-0.25, -0.2) is 15.0 Å². The minimum Gasteiger partial charge on any atom is -0.404 e. The second-order valence-electron chi connectivity index (χ2n) is 11.0. The molecule has 0 unspecified atom stereocenters. The van der Waals surface area contributed by atoms with Gasteiger partial charge in [0.2, 0.25) is 0 Å². The molecule has 4 heterocycles. The fourth-order valence-corrected chi connectivity index (χ4v) is 6.06. The summed E-state index contributed by atoms with van der Waals surface area (Å²) in [5, 5.41) is 0. The van der Waals surface area contributed by atoms with E-state index >= 15 is 0 Å². The number of aryl methyl sites for hydroxylation is 2. The van der Waals surface area contributed by atoms with Crippen LogP contribution < -0.4 is 9.64 Å². The van der Waals surface area contributed by atoms with Crippen LogP contribution in [0.4, 0.5) is 24.7 Å². The van der Waals surface area contributed by atoms with E-state index in [9.17, 15) is 18.0 Å². The Morgan fingerprint density at radius 3 is 2.15 bits per heavy atom. The lowest BCUT2D eigenvalue weighted by molar-refractivity contribution is -0.274. The number of aromatic nitrogens is 3. The van der Waals surface area contributed by atoms with Gasteiger partial charge in [0.1, 0.15) is 17.9 Å². The summed E-state index contributed by atoms with van der Waals surface area (Å²) in [6.45, 7) is 9.08. The summed E-state index contributed by atoms with van der Waals surface area (Å²) in [6, 6.07) is 12.8. The molecule has 0 saturated carbocycles. The lowest BCUT2D eigenvalue weighted by Crippen LogP contribution is -2.58. The van der Waals surface area contributed by atoms with E-state index in [2.05, 4.69) is 36.4 Å². The Balaban J connectivity index is 1.24. The van der Waals surface area contributed by atoms with Crippen LogP contribution in [0.2, 0.25) is 0 Å². The molecule has 0 aliphatic carbocycles. The lowest BCUT2D eigenvalue weighted by atomic mass is 9.85. The zero-order chi connectivity index (χ0) is 29.2. The number of benzene rings is 1. The number of alkyl halides is 3. The van der Waals surface area contributed by atoms with E-state index < -0.39 is 6.36 Å². The molecule has 2 fully saturated rings. The highest BCUT2D eigenvalue weighted by molar-refractivity contribution is 5.96. The standard InChI is InChI=1S/C30H35F3N6O2/c1-21-27(22(2)36-20-35-21)28(40)37-17-13-29(3,14-18-37)38-15-11-24(12-16-38)39(23-7-5-4-6-8-23)26-10-9-25(19-34-26)41-30(31,32)33/h4-10,19-20,24H,11-18H2,1-3H3. The molecule has 3 aromatic rings. The van der Waals surface area contributed by atoms with Gasteiger partial charge in [0.25, 0.3) is 5.91 Å². The second kappa shape index (κ2) is 11.6. The van der Waals surface area contributed by atoms with Crippen molar-refractivity contribution in [3.05, 3.63) is 71.9 Å². The van der Waals surface area contributed by atoms with Crippen molar-refractivity contribution in [3.8, 4) is 5.75 Å². The highest BCUT2D eigenvalue weighted by Crippen LogP contribution is 2.36. The van der Waals surface area contributed by atoms with E-state index in [-0.39, 0.29) is 23.2 Å². The SMILES string of the molecule is Cc1ncnc(C)c1C(=O)N1CCC(C)(N2CCC(N(c3ccccc3)c3ccc(OC(F)(F)F)cn3)CC2)CC1. The van der Waals surface area contributed by atoms with Gasteiger partial charge in [-0.2, -0.15) is 0 Å². The Labute approximate surface area is 238 Å². The normalized spacial score (nSPS) is 18.2. The Morgan fingerprint density at radius 2 is 1.59 bits per heavy atom. The maximum absolute atomic E-state index is 13.3. The first-order valence-electron chi connectivity index (χ1n) is 13.9. The number of nitrogens with zero attached hydrogens (tertiary/aromatic N) is 6. The zero-order valence-corrected chi connectivity index (χ0v) is 23.6. The van der Waals surface area contributed by atoms with E-state index in [1.54, 1.807) is 6.07 Å². The topological polar surface area (TPSA) is 74.7 Å². The van der Waals surface area contributed by atoms with Crippen LogP contribution in [-0.4, -0.2) is 74.8 Å². The number of hydrogen-bond acceptors (Lipinski definition) is 7. The first-order valence-corrected chi connectivity index (χ1v) is 13.9. The van der Waals surface area contributed by atoms with Gasteiger partial charge in [-0.05, 0) is 70.7 Å². The van der Waals surface area contributed by atoms with Gasteiger partial charge < -0.3 is 14.5 Å². The number of likely N-dealkylation sites (tertiary alicyclic amines) is 2.